The Hall–Kier alpha value is -2.50. The number of benzene rings is 1. The summed E-state index contributed by atoms with van der Waals surface area (Å²) >= 11 is 0. The number of anilines is 1. The van der Waals surface area contributed by atoms with Crippen LogP contribution in [-0.2, 0) is 9.53 Å². The molecule has 1 N–H and O–H groups in total. The van der Waals surface area contributed by atoms with Crippen molar-refractivity contribution >= 4 is 11.9 Å². The van der Waals surface area contributed by atoms with Crippen LogP contribution in [0.3, 0.4) is 0 Å². The van der Waals surface area contributed by atoms with Gasteiger partial charge in [-0.2, -0.15) is 0 Å². The van der Waals surface area contributed by atoms with Gasteiger partial charge in [-0.15, -0.1) is 0 Å². The number of rotatable bonds is 5. The molecule has 0 spiro atoms. The lowest BCUT2D eigenvalue weighted by Crippen LogP contribution is -2.34. The first-order valence-electron chi connectivity index (χ1n) is 10.9. The van der Waals surface area contributed by atoms with Crippen molar-refractivity contribution in [3.63, 3.8) is 0 Å². The van der Waals surface area contributed by atoms with Gasteiger partial charge in [0.15, 0.2) is 5.82 Å². The predicted octanol–water partition coefficient (Wildman–Crippen LogP) is 5.47. The lowest BCUT2D eigenvalue weighted by atomic mass is 9.86. The first kappa shape index (κ1) is 20.8. The molecule has 160 valence electrons. The van der Waals surface area contributed by atoms with E-state index >= 15 is 0 Å². The highest BCUT2D eigenvalue weighted by atomic mass is 19.1. The molecule has 2 aliphatic rings. The maximum Gasteiger partial charge on any atom is 0.309 e. The molecule has 0 radical (unpaired) electrons. The van der Waals surface area contributed by atoms with Gasteiger partial charge in [-0.1, -0.05) is 18.2 Å². The van der Waals surface area contributed by atoms with Crippen molar-refractivity contribution in [3.8, 4) is 11.3 Å². The molecule has 0 saturated heterocycles. The number of carbonyl (C=O) groups is 1. The molecular weight excluding hydrogens is 381 g/mol. The summed E-state index contributed by atoms with van der Waals surface area (Å²) in [7, 11) is 0. The molecule has 1 heterocycles. The van der Waals surface area contributed by atoms with Crippen LogP contribution in [0.25, 0.3) is 11.3 Å². The molecule has 5 nitrogen and oxygen atoms in total. The molecule has 2 aliphatic carbocycles. The zero-order valence-corrected chi connectivity index (χ0v) is 18.0. The van der Waals surface area contributed by atoms with E-state index in [2.05, 4.69) is 21.4 Å². The molecule has 1 aromatic carbocycles. The van der Waals surface area contributed by atoms with E-state index in [9.17, 15) is 9.18 Å². The zero-order chi connectivity index (χ0) is 21.3. The Bertz CT molecular complexity index is 913. The molecule has 0 atom stereocenters. The zero-order valence-electron chi connectivity index (χ0n) is 18.0. The van der Waals surface area contributed by atoms with Crippen LogP contribution in [-0.4, -0.2) is 27.6 Å². The van der Waals surface area contributed by atoms with E-state index in [1.54, 1.807) is 0 Å². The van der Waals surface area contributed by atoms with E-state index in [1.807, 2.05) is 39.0 Å². The quantitative estimate of drug-likeness (QED) is 0.661. The number of nitrogens with one attached hydrogen (secondary N) is 1. The average Bonchev–Trinajstić information content (AvgIpc) is 3.54. The van der Waals surface area contributed by atoms with Gasteiger partial charge in [0.05, 0.1) is 12.1 Å². The van der Waals surface area contributed by atoms with E-state index in [1.165, 1.54) is 24.6 Å². The SMILES string of the molecule is CC(C)(C)OC(=O)C1CCC(Nc2ncc(F)c(-c3cccc(C4CC4)c3)n2)CC1. The monoisotopic (exact) mass is 411 g/mol. The summed E-state index contributed by atoms with van der Waals surface area (Å²) in [5.74, 6) is 0.452. The summed E-state index contributed by atoms with van der Waals surface area (Å²) in [5.41, 5.74) is 1.91. The van der Waals surface area contributed by atoms with Crippen molar-refractivity contribution < 1.29 is 13.9 Å². The van der Waals surface area contributed by atoms with E-state index < -0.39 is 11.4 Å². The first-order valence-corrected chi connectivity index (χ1v) is 10.9. The van der Waals surface area contributed by atoms with Crippen LogP contribution >= 0.6 is 0 Å². The Morgan fingerprint density at radius 3 is 2.53 bits per heavy atom. The third-order valence-corrected chi connectivity index (χ3v) is 5.75. The lowest BCUT2D eigenvalue weighted by molar-refractivity contribution is -0.161. The van der Waals surface area contributed by atoms with Gasteiger partial charge in [0.25, 0.3) is 0 Å². The van der Waals surface area contributed by atoms with Gasteiger partial charge < -0.3 is 10.1 Å². The minimum atomic E-state index is -0.457. The van der Waals surface area contributed by atoms with Crippen LogP contribution in [0.2, 0.25) is 0 Å². The Labute approximate surface area is 177 Å². The lowest BCUT2D eigenvalue weighted by Gasteiger charge is -2.30. The fourth-order valence-electron chi connectivity index (χ4n) is 4.04. The minimum Gasteiger partial charge on any atom is -0.460 e. The van der Waals surface area contributed by atoms with Crippen molar-refractivity contribution in [1.82, 2.24) is 9.97 Å². The van der Waals surface area contributed by atoms with Gasteiger partial charge in [-0.05, 0) is 76.8 Å². The van der Waals surface area contributed by atoms with Gasteiger partial charge in [-0.3, -0.25) is 4.79 Å². The largest absolute Gasteiger partial charge is 0.460 e. The summed E-state index contributed by atoms with van der Waals surface area (Å²) in [5, 5.41) is 3.33. The molecule has 2 fully saturated rings. The number of hydrogen-bond donors (Lipinski definition) is 1. The van der Waals surface area contributed by atoms with Crippen LogP contribution in [0, 0.1) is 11.7 Å². The smallest absolute Gasteiger partial charge is 0.309 e. The second kappa shape index (κ2) is 8.32. The summed E-state index contributed by atoms with van der Waals surface area (Å²) in [6.07, 6.45) is 6.84. The molecule has 30 heavy (non-hydrogen) atoms. The Morgan fingerprint density at radius 1 is 1.13 bits per heavy atom. The third-order valence-electron chi connectivity index (χ3n) is 5.75. The van der Waals surface area contributed by atoms with Gasteiger partial charge in [0.1, 0.15) is 11.3 Å². The van der Waals surface area contributed by atoms with E-state index in [0.29, 0.717) is 17.6 Å². The minimum absolute atomic E-state index is 0.0582. The predicted molar refractivity (Wildman–Crippen MR) is 115 cm³/mol. The highest BCUT2D eigenvalue weighted by molar-refractivity contribution is 5.73. The summed E-state index contributed by atoms with van der Waals surface area (Å²) < 4.78 is 20.0. The number of carbonyl (C=O) groups excluding carboxylic acids is 1. The van der Waals surface area contributed by atoms with Crippen LogP contribution in [0.5, 0.6) is 0 Å². The van der Waals surface area contributed by atoms with Crippen LogP contribution < -0.4 is 5.32 Å². The topological polar surface area (TPSA) is 64.1 Å². The van der Waals surface area contributed by atoms with Crippen molar-refractivity contribution in [3.05, 3.63) is 41.8 Å². The molecule has 2 aromatic rings. The fraction of sp³-hybridized carbons (Fsp3) is 0.542. The van der Waals surface area contributed by atoms with Crippen molar-refractivity contribution in [2.75, 3.05) is 5.32 Å². The molecule has 1 aromatic heterocycles. The Kier molecular flexibility index (Phi) is 5.76. The summed E-state index contributed by atoms with van der Waals surface area (Å²) in [6, 6.07) is 8.17. The van der Waals surface area contributed by atoms with E-state index in [4.69, 9.17) is 4.74 Å². The van der Waals surface area contributed by atoms with Gasteiger partial charge >= 0.3 is 5.97 Å². The second-order valence-electron chi connectivity index (χ2n) is 9.52. The molecule has 0 unspecified atom stereocenters. The Balaban J connectivity index is 1.40. The highest BCUT2D eigenvalue weighted by Crippen LogP contribution is 2.41. The summed E-state index contributed by atoms with van der Waals surface area (Å²) in [4.78, 5) is 20.9. The van der Waals surface area contributed by atoms with Crippen molar-refractivity contribution in [2.24, 2.45) is 5.92 Å². The number of nitrogens with zero attached hydrogens (tertiary/aromatic N) is 2. The van der Waals surface area contributed by atoms with Crippen LogP contribution in [0.15, 0.2) is 30.5 Å². The van der Waals surface area contributed by atoms with Gasteiger partial charge in [-0.25, -0.2) is 14.4 Å². The molecule has 4 rings (SSSR count). The number of aromatic nitrogens is 2. The normalized spacial score (nSPS) is 21.9. The van der Waals surface area contributed by atoms with Crippen LogP contribution in [0.1, 0.15) is 70.8 Å². The second-order valence-corrected chi connectivity index (χ2v) is 9.52. The maximum atomic E-state index is 14.5. The molecule has 2 saturated carbocycles. The average molecular weight is 412 g/mol. The van der Waals surface area contributed by atoms with E-state index in [-0.39, 0.29) is 17.9 Å². The number of ether oxygens (including phenoxy) is 1. The van der Waals surface area contributed by atoms with E-state index in [0.717, 1.165) is 31.2 Å². The molecule has 0 amide bonds. The summed E-state index contributed by atoms with van der Waals surface area (Å²) in [6.45, 7) is 5.67. The standard InChI is InChI=1S/C24H30FN3O2/c1-24(2,3)30-22(29)16-9-11-19(12-10-16)27-23-26-14-20(25)21(28-23)18-6-4-5-17(13-18)15-7-8-15/h4-6,13-16,19H,7-12H2,1-3H3,(H,26,27,28). The van der Waals surface area contributed by atoms with Crippen molar-refractivity contribution in [2.45, 2.75) is 76.9 Å². The fourth-order valence-corrected chi connectivity index (χ4v) is 4.04. The third kappa shape index (κ3) is 5.15. The van der Waals surface area contributed by atoms with Crippen LogP contribution in [0.4, 0.5) is 10.3 Å². The number of esters is 1. The van der Waals surface area contributed by atoms with Gasteiger partial charge in [0.2, 0.25) is 5.95 Å². The van der Waals surface area contributed by atoms with Gasteiger partial charge in [0, 0.05) is 11.6 Å². The molecule has 0 aliphatic heterocycles. The number of hydrogen-bond acceptors (Lipinski definition) is 5. The molecule has 0 bridgehead atoms. The van der Waals surface area contributed by atoms with Crippen molar-refractivity contribution in [1.29, 1.82) is 0 Å². The maximum absolute atomic E-state index is 14.5. The highest BCUT2D eigenvalue weighted by Gasteiger charge is 2.30. The first-order chi connectivity index (χ1) is 14.3. The number of halogens is 1. The molecular formula is C24H30FN3O2. The Morgan fingerprint density at radius 2 is 1.87 bits per heavy atom. The molecule has 6 heteroatoms.